The fraction of sp³-hybridized carbons (Fsp3) is 0.429. The van der Waals surface area contributed by atoms with Gasteiger partial charge >= 0.3 is 0 Å². The Morgan fingerprint density at radius 3 is 2.28 bits per heavy atom. The molecule has 0 saturated carbocycles. The predicted octanol–water partition coefficient (Wildman–Crippen LogP) is 2.12. The molecule has 0 aromatic heterocycles. The van der Waals surface area contributed by atoms with E-state index in [1.165, 1.54) is 4.90 Å². The number of benzene rings is 1. The van der Waals surface area contributed by atoms with Crippen molar-refractivity contribution in [3.63, 3.8) is 0 Å². The second-order valence-corrected chi connectivity index (χ2v) is 4.30. The lowest BCUT2D eigenvalue weighted by Crippen LogP contribution is -2.39. The van der Waals surface area contributed by atoms with Gasteiger partial charge in [-0.2, -0.15) is 0 Å². The molecule has 4 heteroatoms. The van der Waals surface area contributed by atoms with Crippen molar-refractivity contribution in [1.29, 1.82) is 0 Å². The molecule has 1 aromatic carbocycles. The number of carbonyl (C=O) groups excluding carboxylic acids is 2. The van der Waals surface area contributed by atoms with Gasteiger partial charge in [-0.1, -0.05) is 12.1 Å². The van der Waals surface area contributed by atoms with Gasteiger partial charge in [0.1, 0.15) is 5.75 Å². The van der Waals surface area contributed by atoms with Crippen molar-refractivity contribution in [3.05, 3.63) is 29.8 Å². The molecule has 0 radical (unpaired) electrons. The van der Waals surface area contributed by atoms with E-state index in [4.69, 9.17) is 4.74 Å². The average molecular weight is 247 g/mol. The summed E-state index contributed by atoms with van der Waals surface area (Å²) in [4.78, 5) is 24.7. The second kappa shape index (κ2) is 5.67. The summed E-state index contributed by atoms with van der Waals surface area (Å²) in [7, 11) is 0. The molecule has 0 N–H and O–H groups in total. The van der Waals surface area contributed by atoms with Gasteiger partial charge in [-0.3, -0.25) is 14.5 Å². The molecule has 4 nitrogen and oxygen atoms in total. The molecular weight excluding hydrogens is 230 g/mol. The van der Waals surface area contributed by atoms with Gasteiger partial charge in [0.05, 0.1) is 13.2 Å². The van der Waals surface area contributed by atoms with Gasteiger partial charge in [0.2, 0.25) is 11.8 Å². The molecule has 2 amide bonds. The highest BCUT2D eigenvalue weighted by molar-refractivity contribution is 5.97. The van der Waals surface area contributed by atoms with Crippen molar-refractivity contribution in [3.8, 4) is 5.75 Å². The van der Waals surface area contributed by atoms with Crippen LogP contribution in [0.2, 0.25) is 0 Å². The van der Waals surface area contributed by atoms with Crippen LogP contribution in [0, 0.1) is 0 Å². The van der Waals surface area contributed by atoms with Crippen molar-refractivity contribution in [2.45, 2.75) is 32.7 Å². The monoisotopic (exact) mass is 247 g/mol. The second-order valence-electron chi connectivity index (χ2n) is 4.30. The maximum absolute atomic E-state index is 11.7. The molecular formula is C14H17NO3. The highest BCUT2D eigenvalue weighted by Gasteiger charge is 2.25. The van der Waals surface area contributed by atoms with Crippen molar-refractivity contribution < 1.29 is 14.3 Å². The fourth-order valence-electron chi connectivity index (χ4n) is 2.02. The van der Waals surface area contributed by atoms with Crippen molar-refractivity contribution in [2.24, 2.45) is 0 Å². The molecule has 0 bridgehead atoms. The lowest BCUT2D eigenvalue weighted by atomic mass is 10.1. The lowest BCUT2D eigenvalue weighted by Gasteiger charge is -2.24. The third-order valence-corrected chi connectivity index (χ3v) is 2.96. The number of ether oxygens (including phenoxy) is 1. The molecule has 96 valence electrons. The van der Waals surface area contributed by atoms with Crippen LogP contribution in [0.3, 0.4) is 0 Å². The van der Waals surface area contributed by atoms with Crippen LogP contribution in [-0.2, 0) is 16.1 Å². The number of piperidine rings is 1. The number of rotatable bonds is 4. The zero-order valence-corrected chi connectivity index (χ0v) is 10.5. The molecule has 18 heavy (non-hydrogen) atoms. The Bertz CT molecular complexity index is 423. The summed E-state index contributed by atoms with van der Waals surface area (Å²) in [5.41, 5.74) is 0.946. The first kappa shape index (κ1) is 12.6. The summed E-state index contributed by atoms with van der Waals surface area (Å²) in [6.07, 6.45) is 1.63. The molecule has 1 aliphatic heterocycles. The Morgan fingerprint density at radius 2 is 1.72 bits per heavy atom. The van der Waals surface area contributed by atoms with Crippen molar-refractivity contribution in [1.82, 2.24) is 4.90 Å². The van der Waals surface area contributed by atoms with Crippen LogP contribution in [0.4, 0.5) is 0 Å². The minimum atomic E-state index is -0.0693. The molecule has 0 unspecified atom stereocenters. The lowest BCUT2D eigenvalue weighted by molar-refractivity contribution is -0.148. The molecule has 1 heterocycles. The van der Waals surface area contributed by atoms with Gasteiger partial charge in [0.15, 0.2) is 0 Å². The van der Waals surface area contributed by atoms with E-state index in [2.05, 4.69) is 0 Å². The normalized spacial score (nSPS) is 15.9. The number of likely N-dealkylation sites (tertiary alicyclic amines) is 1. The Hall–Kier alpha value is -1.84. The predicted molar refractivity (Wildman–Crippen MR) is 67.0 cm³/mol. The summed E-state index contributed by atoms with van der Waals surface area (Å²) in [5, 5.41) is 0. The molecule has 1 saturated heterocycles. The van der Waals surface area contributed by atoms with Gasteiger partial charge in [0, 0.05) is 12.8 Å². The Kier molecular flexibility index (Phi) is 3.97. The van der Waals surface area contributed by atoms with Crippen LogP contribution in [0.15, 0.2) is 24.3 Å². The van der Waals surface area contributed by atoms with Crippen LogP contribution < -0.4 is 4.74 Å². The zero-order valence-electron chi connectivity index (χ0n) is 10.5. The average Bonchev–Trinajstić information content (AvgIpc) is 2.36. The fourth-order valence-corrected chi connectivity index (χ4v) is 2.02. The van der Waals surface area contributed by atoms with Crippen molar-refractivity contribution >= 4 is 11.8 Å². The number of hydrogen-bond acceptors (Lipinski definition) is 3. The first-order valence-electron chi connectivity index (χ1n) is 6.25. The van der Waals surface area contributed by atoms with Crippen LogP contribution in [0.5, 0.6) is 5.75 Å². The van der Waals surface area contributed by atoms with Crippen molar-refractivity contribution in [2.75, 3.05) is 6.61 Å². The van der Waals surface area contributed by atoms with E-state index >= 15 is 0 Å². The van der Waals surface area contributed by atoms with Crippen LogP contribution in [-0.4, -0.2) is 23.3 Å². The maximum atomic E-state index is 11.7. The highest BCUT2D eigenvalue weighted by atomic mass is 16.5. The molecule has 1 fully saturated rings. The number of imide groups is 1. The van der Waals surface area contributed by atoms with E-state index in [1.54, 1.807) is 0 Å². The van der Waals surface area contributed by atoms with E-state index in [0.717, 1.165) is 11.3 Å². The highest BCUT2D eigenvalue weighted by Crippen LogP contribution is 2.18. The van der Waals surface area contributed by atoms with Crippen LogP contribution in [0.1, 0.15) is 31.7 Å². The Labute approximate surface area is 107 Å². The third kappa shape index (κ3) is 2.88. The molecule has 0 spiro atoms. The van der Waals surface area contributed by atoms with E-state index in [9.17, 15) is 9.59 Å². The van der Waals surface area contributed by atoms with Crippen LogP contribution in [0.25, 0.3) is 0 Å². The minimum Gasteiger partial charge on any atom is -0.494 e. The zero-order chi connectivity index (χ0) is 13.0. The van der Waals surface area contributed by atoms with E-state index < -0.39 is 0 Å². The summed E-state index contributed by atoms with van der Waals surface area (Å²) < 4.78 is 5.35. The smallest absolute Gasteiger partial charge is 0.229 e. The molecule has 1 aliphatic rings. The summed E-state index contributed by atoms with van der Waals surface area (Å²) in [6.45, 7) is 2.92. The van der Waals surface area contributed by atoms with Gasteiger partial charge < -0.3 is 4.74 Å². The minimum absolute atomic E-state index is 0.0693. The number of hydrogen-bond donors (Lipinski definition) is 0. The first-order chi connectivity index (χ1) is 8.70. The maximum Gasteiger partial charge on any atom is 0.229 e. The third-order valence-electron chi connectivity index (χ3n) is 2.96. The summed E-state index contributed by atoms with van der Waals surface area (Å²) >= 11 is 0. The molecule has 2 rings (SSSR count). The van der Waals surface area contributed by atoms with E-state index in [1.807, 2.05) is 31.2 Å². The molecule has 0 aliphatic carbocycles. The van der Waals surface area contributed by atoms with E-state index in [0.29, 0.717) is 32.4 Å². The van der Waals surface area contributed by atoms with Crippen LogP contribution >= 0.6 is 0 Å². The standard InChI is InChI=1S/C14H17NO3/c1-2-18-12-8-6-11(7-9-12)10-15-13(16)4-3-5-14(15)17/h6-9H,2-5,10H2,1H3. The van der Waals surface area contributed by atoms with Gasteiger partial charge in [0.25, 0.3) is 0 Å². The first-order valence-corrected chi connectivity index (χ1v) is 6.25. The number of carbonyl (C=O) groups is 2. The summed E-state index contributed by atoms with van der Waals surface area (Å²) in [5.74, 6) is 0.665. The summed E-state index contributed by atoms with van der Waals surface area (Å²) in [6, 6.07) is 7.50. The number of amides is 2. The van der Waals surface area contributed by atoms with Gasteiger partial charge in [-0.05, 0) is 31.0 Å². The quantitative estimate of drug-likeness (QED) is 0.766. The SMILES string of the molecule is CCOc1ccc(CN2C(=O)CCCC2=O)cc1. The van der Waals surface area contributed by atoms with E-state index in [-0.39, 0.29) is 11.8 Å². The van der Waals surface area contributed by atoms with Gasteiger partial charge in [-0.25, -0.2) is 0 Å². The Balaban J connectivity index is 2.03. The topological polar surface area (TPSA) is 46.6 Å². The van der Waals surface area contributed by atoms with Gasteiger partial charge in [-0.15, -0.1) is 0 Å². The molecule has 1 aromatic rings. The Morgan fingerprint density at radius 1 is 1.11 bits per heavy atom. The molecule has 0 atom stereocenters. The number of nitrogens with zero attached hydrogens (tertiary/aromatic N) is 1. The largest absolute Gasteiger partial charge is 0.494 e.